The highest BCUT2D eigenvalue weighted by atomic mass is 79.9. The number of halogens is 2. The van der Waals surface area contributed by atoms with E-state index in [-0.39, 0.29) is 34.8 Å². The number of hydrogen-bond donors (Lipinski definition) is 0. The molecule has 1 unspecified atom stereocenters. The fraction of sp³-hybridized carbons (Fsp3) is 0.375. The normalized spacial score (nSPS) is 19.9. The minimum absolute atomic E-state index is 0. The number of thioether (sulfide) groups is 1. The van der Waals surface area contributed by atoms with Gasteiger partial charge in [-0.1, -0.05) is 23.9 Å². The fourth-order valence-electron chi connectivity index (χ4n) is 2.77. The second-order valence-corrected chi connectivity index (χ2v) is 6.17. The summed E-state index contributed by atoms with van der Waals surface area (Å²) in [7, 11) is 0. The number of allylic oxidation sites excluding steroid dienone is 1. The van der Waals surface area contributed by atoms with Crippen molar-refractivity contribution in [2.75, 3.05) is 18.9 Å². The molecule has 1 aromatic rings. The highest BCUT2D eigenvalue weighted by Gasteiger charge is 2.38. The van der Waals surface area contributed by atoms with Gasteiger partial charge in [-0.25, -0.2) is 14.2 Å². The van der Waals surface area contributed by atoms with Crippen molar-refractivity contribution in [3.63, 3.8) is 0 Å². The average Bonchev–Trinajstić information content (AvgIpc) is 2.94. The van der Waals surface area contributed by atoms with Crippen LogP contribution in [0.15, 0.2) is 40.5 Å². The van der Waals surface area contributed by atoms with Gasteiger partial charge in [-0.2, -0.15) is 0 Å². The third-order valence-corrected chi connectivity index (χ3v) is 4.70. The molecule has 1 aromatic carbocycles. The molecule has 0 amide bonds. The van der Waals surface area contributed by atoms with Crippen molar-refractivity contribution >= 4 is 39.9 Å². The lowest BCUT2D eigenvalue weighted by molar-refractivity contribution is -0.139. The molecule has 124 valence electrons. The molecule has 0 aromatic heterocycles. The highest BCUT2D eigenvalue weighted by molar-refractivity contribution is 8.93. The molecule has 23 heavy (non-hydrogen) atoms. The predicted molar refractivity (Wildman–Crippen MR) is 95.4 cm³/mol. The number of aliphatic imine (C=N–C) groups is 1. The lowest BCUT2D eigenvalue weighted by Crippen LogP contribution is -2.36. The van der Waals surface area contributed by atoms with Crippen LogP contribution < -0.4 is 0 Å². The standard InChI is InChI=1S/C16H17FN2O2S.BrH/c1-3-21-15(20)13-10(2)18-16-19(8-9-22-16)14(13)11-4-6-12(17)7-5-11;/h4-7,14H,3,8-9H2,1-2H3;1H. The minimum atomic E-state index is -0.353. The van der Waals surface area contributed by atoms with E-state index >= 15 is 0 Å². The van der Waals surface area contributed by atoms with Crippen molar-refractivity contribution in [3.8, 4) is 0 Å². The van der Waals surface area contributed by atoms with Crippen LogP contribution in [0.25, 0.3) is 0 Å². The van der Waals surface area contributed by atoms with Crippen molar-refractivity contribution in [3.05, 3.63) is 46.9 Å². The van der Waals surface area contributed by atoms with Crippen LogP contribution in [-0.4, -0.2) is 34.9 Å². The number of rotatable bonds is 3. The van der Waals surface area contributed by atoms with Gasteiger partial charge in [0, 0.05) is 12.3 Å². The topological polar surface area (TPSA) is 41.9 Å². The van der Waals surface area contributed by atoms with Crippen molar-refractivity contribution in [2.24, 2.45) is 4.99 Å². The Labute approximate surface area is 149 Å². The molecule has 0 aliphatic carbocycles. The molecule has 1 fully saturated rings. The number of esters is 1. The van der Waals surface area contributed by atoms with Crippen LogP contribution in [0.4, 0.5) is 4.39 Å². The molecule has 0 N–H and O–H groups in total. The Balaban J connectivity index is 0.00000192. The van der Waals surface area contributed by atoms with Crippen LogP contribution in [0.1, 0.15) is 25.5 Å². The fourth-order valence-corrected chi connectivity index (χ4v) is 3.80. The van der Waals surface area contributed by atoms with Crippen LogP contribution in [0, 0.1) is 5.82 Å². The Kier molecular flexibility index (Phi) is 5.86. The van der Waals surface area contributed by atoms with Crippen molar-refractivity contribution in [1.82, 2.24) is 4.90 Å². The molecule has 0 bridgehead atoms. The van der Waals surface area contributed by atoms with Crippen LogP contribution in [0.5, 0.6) is 0 Å². The van der Waals surface area contributed by atoms with E-state index in [9.17, 15) is 9.18 Å². The largest absolute Gasteiger partial charge is 0.463 e. The summed E-state index contributed by atoms with van der Waals surface area (Å²) >= 11 is 1.67. The summed E-state index contributed by atoms with van der Waals surface area (Å²) in [4.78, 5) is 19.0. The molecule has 1 saturated heterocycles. The number of amidine groups is 1. The minimum Gasteiger partial charge on any atom is -0.463 e. The summed E-state index contributed by atoms with van der Waals surface area (Å²) in [6, 6.07) is 6.02. The second-order valence-electron chi connectivity index (χ2n) is 5.11. The molecule has 0 spiro atoms. The van der Waals surface area contributed by atoms with Gasteiger partial charge in [0.25, 0.3) is 0 Å². The smallest absolute Gasteiger partial charge is 0.338 e. The van der Waals surface area contributed by atoms with Crippen molar-refractivity contribution in [2.45, 2.75) is 19.9 Å². The lowest BCUT2D eigenvalue weighted by Gasteiger charge is -2.34. The van der Waals surface area contributed by atoms with E-state index in [1.54, 1.807) is 30.8 Å². The summed E-state index contributed by atoms with van der Waals surface area (Å²) in [5.41, 5.74) is 2.09. The van der Waals surface area contributed by atoms with E-state index in [2.05, 4.69) is 9.89 Å². The van der Waals surface area contributed by atoms with Crippen LogP contribution >= 0.6 is 28.7 Å². The molecule has 2 aliphatic rings. The molecule has 3 rings (SSSR count). The zero-order valence-electron chi connectivity index (χ0n) is 12.9. The van der Waals surface area contributed by atoms with E-state index in [0.717, 1.165) is 23.0 Å². The summed E-state index contributed by atoms with van der Waals surface area (Å²) in [6.07, 6.45) is 0. The van der Waals surface area contributed by atoms with Gasteiger partial charge >= 0.3 is 5.97 Å². The lowest BCUT2D eigenvalue weighted by atomic mass is 9.94. The first-order valence-electron chi connectivity index (χ1n) is 7.23. The van der Waals surface area contributed by atoms with Crippen LogP contribution in [-0.2, 0) is 9.53 Å². The van der Waals surface area contributed by atoms with Crippen molar-refractivity contribution < 1.29 is 13.9 Å². The molecule has 4 nitrogen and oxygen atoms in total. The zero-order valence-corrected chi connectivity index (χ0v) is 15.4. The molecule has 2 heterocycles. The Bertz CT molecular complexity index is 661. The van der Waals surface area contributed by atoms with Gasteiger partial charge in [0.05, 0.1) is 23.9 Å². The molecule has 1 atom stereocenters. The molecular weight excluding hydrogens is 383 g/mol. The number of carbonyl (C=O) groups is 1. The maximum absolute atomic E-state index is 13.2. The van der Waals surface area contributed by atoms with Gasteiger partial charge in [0.15, 0.2) is 5.17 Å². The molecule has 0 radical (unpaired) electrons. The van der Waals surface area contributed by atoms with Gasteiger partial charge in [0.2, 0.25) is 0 Å². The van der Waals surface area contributed by atoms with E-state index in [1.165, 1.54) is 12.1 Å². The van der Waals surface area contributed by atoms with Crippen LogP contribution in [0.2, 0.25) is 0 Å². The van der Waals surface area contributed by atoms with Gasteiger partial charge in [-0.15, -0.1) is 17.0 Å². The SMILES string of the molecule is Br.CCOC(=O)C1=C(C)N=C2SCCN2C1c1ccc(F)cc1. The summed E-state index contributed by atoms with van der Waals surface area (Å²) < 4.78 is 18.4. The van der Waals surface area contributed by atoms with E-state index in [4.69, 9.17) is 4.74 Å². The molecule has 7 heteroatoms. The van der Waals surface area contributed by atoms with Crippen molar-refractivity contribution in [1.29, 1.82) is 0 Å². The van der Waals surface area contributed by atoms with Crippen LogP contribution in [0.3, 0.4) is 0 Å². The number of ether oxygens (including phenoxy) is 1. The van der Waals surface area contributed by atoms with Gasteiger partial charge < -0.3 is 9.64 Å². The first-order chi connectivity index (χ1) is 10.6. The monoisotopic (exact) mass is 400 g/mol. The molecule has 0 saturated carbocycles. The Morgan fingerprint density at radius 1 is 1.43 bits per heavy atom. The molecular formula is C16H18BrFN2O2S. The number of carbonyl (C=O) groups excluding carboxylic acids is 1. The third-order valence-electron chi connectivity index (χ3n) is 3.73. The maximum atomic E-state index is 13.2. The number of nitrogens with zero attached hydrogens (tertiary/aromatic N) is 2. The quantitative estimate of drug-likeness (QED) is 0.725. The van der Waals surface area contributed by atoms with E-state index in [0.29, 0.717) is 17.9 Å². The first kappa shape index (κ1) is 18.0. The number of fused-ring (bicyclic) bond motifs is 1. The Hall–Kier alpha value is -1.34. The van der Waals surface area contributed by atoms with E-state index < -0.39 is 0 Å². The predicted octanol–water partition coefficient (Wildman–Crippen LogP) is 3.70. The second kappa shape index (κ2) is 7.49. The first-order valence-corrected chi connectivity index (χ1v) is 8.22. The number of benzene rings is 1. The Morgan fingerprint density at radius 2 is 2.13 bits per heavy atom. The summed E-state index contributed by atoms with van der Waals surface area (Å²) in [6.45, 7) is 4.73. The van der Waals surface area contributed by atoms with Gasteiger partial charge in [0.1, 0.15) is 5.82 Å². The van der Waals surface area contributed by atoms with Gasteiger partial charge in [-0.05, 0) is 31.5 Å². The Morgan fingerprint density at radius 3 is 2.78 bits per heavy atom. The number of hydrogen-bond acceptors (Lipinski definition) is 5. The maximum Gasteiger partial charge on any atom is 0.338 e. The van der Waals surface area contributed by atoms with E-state index in [1.807, 2.05) is 6.92 Å². The third kappa shape index (κ3) is 3.45. The highest BCUT2D eigenvalue weighted by Crippen LogP contribution is 2.40. The average molecular weight is 401 g/mol. The molecule has 2 aliphatic heterocycles. The zero-order chi connectivity index (χ0) is 15.7. The van der Waals surface area contributed by atoms with Gasteiger partial charge in [-0.3, -0.25) is 0 Å². The summed E-state index contributed by atoms with van der Waals surface area (Å²) in [5.74, 6) is 0.288. The summed E-state index contributed by atoms with van der Waals surface area (Å²) in [5, 5.41) is 0.917.